The van der Waals surface area contributed by atoms with Crippen LogP contribution in [0.15, 0.2) is 97.3 Å². The highest BCUT2D eigenvalue weighted by molar-refractivity contribution is 6.34. The lowest BCUT2D eigenvalue weighted by Gasteiger charge is -2.41. The number of alkyl carbamates (subject to hydrolysis) is 1. The van der Waals surface area contributed by atoms with Crippen molar-refractivity contribution in [3.05, 3.63) is 130 Å². The lowest BCUT2D eigenvalue weighted by Crippen LogP contribution is -2.63. The number of carbonyl (C=O) groups is 4. The molecule has 4 aromatic carbocycles. The van der Waals surface area contributed by atoms with E-state index in [1.54, 1.807) is 46.1 Å². The van der Waals surface area contributed by atoms with Gasteiger partial charge in [0.2, 0.25) is 5.91 Å². The Balaban J connectivity index is 0.682. The number of fused-ring (bicyclic) bond motifs is 6. The summed E-state index contributed by atoms with van der Waals surface area (Å²) in [7, 11) is 1.54. The van der Waals surface area contributed by atoms with Crippen molar-refractivity contribution in [2.45, 2.75) is 68.9 Å². The first-order valence-corrected chi connectivity index (χ1v) is 27.2. The van der Waals surface area contributed by atoms with Crippen molar-refractivity contribution in [2.75, 3.05) is 78.3 Å². The third kappa shape index (κ3) is 12.4. The van der Waals surface area contributed by atoms with E-state index in [4.69, 9.17) is 61.5 Å². The van der Waals surface area contributed by atoms with Gasteiger partial charge in [-0.2, -0.15) is 5.10 Å². The van der Waals surface area contributed by atoms with Crippen LogP contribution in [0.5, 0.6) is 11.5 Å². The molecule has 5 atom stereocenters. The van der Waals surface area contributed by atoms with Crippen LogP contribution in [-0.4, -0.2) is 168 Å². The van der Waals surface area contributed by atoms with Crippen LogP contribution in [0.25, 0.3) is 39.2 Å². The van der Waals surface area contributed by atoms with E-state index in [9.17, 15) is 34.5 Å². The van der Waals surface area contributed by atoms with Crippen molar-refractivity contribution in [1.82, 2.24) is 30.3 Å². The molecular weight excluding hydrogens is 1090 g/mol. The number of aliphatic hydroxyl groups excluding tert-OH is 3. The first-order chi connectivity index (χ1) is 39.1. The summed E-state index contributed by atoms with van der Waals surface area (Å²) in [5.41, 5.74) is 7.82. The highest BCUT2D eigenvalue weighted by atomic mass is 35.5. The summed E-state index contributed by atoms with van der Waals surface area (Å²) in [6.45, 7) is 5.23. The highest BCUT2D eigenvalue weighted by Gasteiger charge is 2.47. The molecule has 4 amide bonds. The van der Waals surface area contributed by atoms with Crippen LogP contribution in [-0.2, 0) is 39.9 Å². The molecule has 0 unspecified atom stereocenters. The predicted octanol–water partition coefficient (Wildman–Crippen LogP) is 5.93. The van der Waals surface area contributed by atoms with E-state index in [0.29, 0.717) is 80.6 Å². The molecule has 3 aliphatic heterocycles. The minimum absolute atomic E-state index is 0.00729. The molecule has 0 bridgehead atoms. The molecule has 0 radical (unpaired) electrons. The van der Waals surface area contributed by atoms with Crippen LogP contribution in [0.1, 0.15) is 53.4 Å². The summed E-state index contributed by atoms with van der Waals surface area (Å²) in [4.78, 5) is 59.6. The molecule has 2 saturated heterocycles. The Bertz CT molecular complexity index is 3260. The molecule has 10 rings (SSSR count). The van der Waals surface area contributed by atoms with Crippen molar-refractivity contribution < 1.29 is 67.7 Å². The van der Waals surface area contributed by atoms with Gasteiger partial charge in [0.25, 0.3) is 11.8 Å². The second-order valence-electron chi connectivity index (χ2n) is 20.4. The average Bonchev–Trinajstić information content (AvgIpc) is 3.61. The van der Waals surface area contributed by atoms with E-state index in [1.165, 1.54) is 13.3 Å². The normalized spacial score (nSPS) is 19.8. The molecule has 5 heterocycles. The van der Waals surface area contributed by atoms with Gasteiger partial charge in [-0.25, -0.2) is 9.48 Å². The number of methoxy groups -OCH3 is 1. The first kappa shape index (κ1) is 57.1. The van der Waals surface area contributed by atoms with Crippen LogP contribution in [0.3, 0.4) is 0 Å². The zero-order valence-electron chi connectivity index (χ0n) is 44.6. The first-order valence-electron chi connectivity index (χ1n) is 26.4. The number of hydrogen-bond acceptors (Lipinski definition) is 16. The van der Waals surface area contributed by atoms with E-state index in [1.807, 2.05) is 68.4 Å². The second kappa shape index (κ2) is 24.9. The van der Waals surface area contributed by atoms with Gasteiger partial charge in [0.15, 0.2) is 11.8 Å². The van der Waals surface area contributed by atoms with E-state index in [2.05, 4.69) is 20.9 Å². The minimum Gasteiger partial charge on any atom is -0.496 e. The maximum absolute atomic E-state index is 14.4. The number of carbonyl (C=O) groups excluding carboxylic acids is 4. The fraction of sp³-hybridized carbons (Fsp3) is 0.379. The number of hydrogen-bond donors (Lipinski definition) is 6. The predicted molar refractivity (Wildman–Crippen MR) is 297 cm³/mol. The standard InChI is InChI=1S/C58H61Cl2N7O14/c1-58(2)31-78-17-14-66(58)56(73)49-44-30-79-46-25-45(75-3)41(24-42(46)50(44)67(65-49)36-22-33(59)21-34(60)23-36)32-20-35(27-61-26-32)64-48(68)12-15-76-18-19-77-16-13-62-55(72)54-53(71)52(70)51(69)47(81-54)28-63-57(74)80-29-43-39-10-6-4-8-37(39)38-9-5-7-11-40(38)43/h4-11,20-27,43,47,51-54,69-71H,12-19,28-31H2,1-3H3,(H,62,72)(H,63,74)(H,64,68)/t47-,51-,52+,53+,54-/m0/s1. The van der Waals surface area contributed by atoms with Crippen molar-refractivity contribution in [3.8, 4) is 50.7 Å². The average molecular weight is 1150 g/mol. The van der Waals surface area contributed by atoms with Crippen molar-refractivity contribution >= 4 is 52.7 Å². The van der Waals surface area contributed by atoms with Crippen molar-refractivity contribution in [2.24, 2.45) is 0 Å². The van der Waals surface area contributed by atoms with Crippen LogP contribution in [0.4, 0.5) is 10.5 Å². The summed E-state index contributed by atoms with van der Waals surface area (Å²) in [6, 6.07) is 26.2. The van der Waals surface area contributed by atoms with Crippen LogP contribution in [0.2, 0.25) is 10.0 Å². The lowest BCUT2D eigenvalue weighted by molar-refractivity contribution is -0.218. The van der Waals surface area contributed by atoms with E-state index >= 15 is 0 Å². The Hall–Kier alpha value is -7.18. The topological polar surface area (TPSA) is 264 Å². The van der Waals surface area contributed by atoms with Gasteiger partial charge >= 0.3 is 6.09 Å². The number of pyridine rings is 1. The number of benzene rings is 4. The fourth-order valence-electron chi connectivity index (χ4n) is 10.5. The number of ether oxygens (including phenoxy) is 7. The lowest BCUT2D eigenvalue weighted by atomic mass is 9.94. The number of aromatic nitrogens is 3. The van der Waals surface area contributed by atoms with Gasteiger partial charge in [-0.1, -0.05) is 71.7 Å². The molecule has 81 heavy (non-hydrogen) atoms. The zero-order valence-corrected chi connectivity index (χ0v) is 46.1. The summed E-state index contributed by atoms with van der Waals surface area (Å²) < 4.78 is 42.0. The molecule has 6 N–H and O–H groups in total. The maximum atomic E-state index is 14.4. The molecule has 4 aliphatic rings. The fourth-order valence-corrected chi connectivity index (χ4v) is 11.1. The molecule has 2 fully saturated rings. The smallest absolute Gasteiger partial charge is 0.407 e. The van der Waals surface area contributed by atoms with Gasteiger partial charge in [0, 0.05) is 70.1 Å². The molecule has 0 saturated carbocycles. The Morgan fingerprint density at radius 2 is 1.53 bits per heavy atom. The van der Waals surface area contributed by atoms with Gasteiger partial charge < -0.3 is 69.3 Å². The molecule has 0 spiro atoms. The van der Waals surface area contributed by atoms with Gasteiger partial charge in [0.05, 0.1) is 82.0 Å². The SMILES string of the molecule is COc1cc2c(cc1-c1cncc(NC(=O)CCOCCOCCNC(=O)[C@H]3O[C@@H](CNC(=O)OCC4c5ccccc5-c5ccccc54)[C@H](O)[C@@H](O)[C@H]3O)c1)-c1c(c(C(=O)N3CCOCC3(C)C)nn1-c1cc(Cl)cc(Cl)c1)CO2. The van der Waals surface area contributed by atoms with Gasteiger partial charge in [0.1, 0.15) is 49.1 Å². The number of rotatable bonds is 19. The second-order valence-corrected chi connectivity index (χ2v) is 21.3. The summed E-state index contributed by atoms with van der Waals surface area (Å²) >= 11 is 13.0. The van der Waals surface area contributed by atoms with Gasteiger partial charge in [-0.3, -0.25) is 19.4 Å². The summed E-state index contributed by atoms with van der Waals surface area (Å²) in [6.07, 6.45) is -5.53. The van der Waals surface area contributed by atoms with Crippen LogP contribution in [0, 0.1) is 0 Å². The Kier molecular flexibility index (Phi) is 17.5. The molecule has 6 aromatic rings. The molecule has 1 aliphatic carbocycles. The number of nitrogens with zero attached hydrogens (tertiary/aromatic N) is 4. The number of anilines is 1. The van der Waals surface area contributed by atoms with Crippen molar-refractivity contribution in [1.29, 1.82) is 0 Å². The largest absolute Gasteiger partial charge is 0.496 e. The van der Waals surface area contributed by atoms with E-state index in [-0.39, 0.29) is 82.6 Å². The highest BCUT2D eigenvalue weighted by Crippen LogP contribution is 2.48. The molecule has 426 valence electrons. The van der Waals surface area contributed by atoms with Crippen LogP contribution < -0.4 is 25.4 Å². The Morgan fingerprint density at radius 1 is 0.815 bits per heavy atom. The number of amides is 4. The molecule has 2 aromatic heterocycles. The molecule has 21 nitrogen and oxygen atoms in total. The molecular formula is C58H61Cl2N7O14. The Labute approximate surface area is 476 Å². The maximum Gasteiger partial charge on any atom is 0.407 e. The quantitative estimate of drug-likeness (QED) is 0.0514. The molecule has 23 heteroatoms. The minimum atomic E-state index is -1.75. The number of aliphatic hydroxyl groups is 3. The number of morpholine rings is 1. The summed E-state index contributed by atoms with van der Waals surface area (Å²) in [5.74, 6) is -0.584. The third-order valence-electron chi connectivity index (χ3n) is 14.6. The number of halogens is 2. The van der Waals surface area contributed by atoms with Gasteiger partial charge in [-0.05, 0) is 66.4 Å². The summed E-state index contributed by atoms with van der Waals surface area (Å²) in [5, 5.41) is 45.5. The van der Waals surface area contributed by atoms with E-state index < -0.39 is 48.1 Å². The third-order valence-corrected chi connectivity index (χ3v) is 15.0. The van der Waals surface area contributed by atoms with E-state index in [0.717, 1.165) is 22.3 Å². The van der Waals surface area contributed by atoms with Crippen molar-refractivity contribution in [3.63, 3.8) is 0 Å². The monoisotopic (exact) mass is 1150 g/mol. The number of nitrogens with one attached hydrogen (secondary N) is 3. The van der Waals surface area contributed by atoms with Crippen LogP contribution >= 0.6 is 23.2 Å². The zero-order chi connectivity index (χ0) is 57.0. The van der Waals surface area contributed by atoms with Gasteiger partial charge in [-0.15, -0.1) is 0 Å². The Morgan fingerprint density at radius 3 is 2.25 bits per heavy atom.